The van der Waals surface area contributed by atoms with Crippen molar-refractivity contribution in [3.8, 4) is 5.75 Å². The average Bonchev–Trinajstić information content (AvgIpc) is 3.41. The number of benzene rings is 2. The van der Waals surface area contributed by atoms with Crippen LogP contribution in [0.4, 0.5) is 4.39 Å². The van der Waals surface area contributed by atoms with Crippen molar-refractivity contribution in [3.05, 3.63) is 65.5 Å². The molecule has 2 N–H and O–H groups in total. The van der Waals surface area contributed by atoms with Gasteiger partial charge in [0.15, 0.2) is 6.61 Å². The summed E-state index contributed by atoms with van der Waals surface area (Å²) in [5.41, 5.74) is 0.840. The lowest BCUT2D eigenvalue weighted by atomic mass is 9.95. The van der Waals surface area contributed by atoms with Gasteiger partial charge >= 0.3 is 5.97 Å². The topological polar surface area (TPSA) is 75.6 Å². The molecular formula is C20H20FNO4. The second-order valence-corrected chi connectivity index (χ2v) is 6.56. The van der Waals surface area contributed by atoms with Gasteiger partial charge in [0.2, 0.25) is 5.91 Å². The summed E-state index contributed by atoms with van der Waals surface area (Å²) in [4.78, 5) is 23.1. The zero-order valence-electron chi connectivity index (χ0n) is 14.2. The number of hydrogen-bond acceptors (Lipinski definition) is 3. The number of nitrogens with one attached hydrogen (secondary N) is 1. The van der Waals surface area contributed by atoms with E-state index in [1.54, 1.807) is 36.4 Å². The van der Waals surface area contributed by atoms with E-state index in [1.165, 1.54) is 6.07 Å². The molecule has 0 spiro atoms. The number of ether oxygens (including phenoxy) is 1. The number of carbonyl (C=O) groups is 2. The van der Waals surface area contributed by atoms with Gasteiger partial charge in [-0.25, -0.2) is 9.18 Å². The standard InChI is InChI=1S/C20H20FNO4/c21-17-7-2-1-5-15(17)11-20(8-9-20)19(25)22-12-14-4-3-6-16(10-14)26-13-18(23)24/h1-7,10H,8-9,11-13H2,(H,22,25)(H,23,24). The van der Waals surface area contributed by atoms with Crippen molar-refractivity contribution < 1.29 is 23.8 Å². The summed E-state index contributed by atoms with van der Waals surface area (Å²) in [6, 6.07) is 13.5. The molecule has 0 unspecified atom stereocenters. The molecule has 1 aliphatic carbocycles. The summed E-state index contributed by atoms with van der Waals surface area (Å²) in [6.45, 7) is -0.107. The van der Waals surface area contributed by atoms with Crippen LogP contribution < -0.4 is 10.1 Å². The first-order chi connectivity index (χ1) is 12.5. The van der Waals surface area contributed by atoms with Gasteiger partial charge in [0, 0.05) is 6.54 Å². The summed E-state index contributed by atoms with van der Waals surface area (Å²) < 4.78 is 19.0. The fourth-order valence-electron chi connectivity index (χ4n) is 2.90. The van der Waals surface area contributed by atoms with Crippen LogP contribution in [-0.2, 0) is 22.6 Å². The Balaban J connectivity index is 1.58. The number of hydrogen-bond donors (Lipinski definition) is 2. The summed E-state index contributed by atoms with van der Waals surface area (Å²) in [5.74, 6) is -0.980. The molecule has 0 saturated heterocycles. The second-order valence-electron chi connectivity index (χ2n) is 6.56. The molecule has 26 heavy (non-hydrogen) atoms. The molecule has 136 valence electrons. The molecule has 0 atom stereocenters. The van der Waals surface area contributed by atoms with Crippen molar-refractivity contribution in [2.24, 2.45) is 5.41 Å². The Kier molecular flexibility index (Phi) is 5.21. The molecule has 1 amide bonds. The van der Waals surface area contributed by atoms with E-state index in [4.69, 9.17) is 9.84 Å². The third kappa shape index (κ3) is 4.39. The van der Waals surface area contributed by atoms with E-state index in [0.717, 1.165) is 18.4 Å². The van der Waals surface area contributed by atoms with Gasteiger partial charge in [0.05, 0.1) is 5.41 Å². The van der Waals surface area contributed by atoms with Gasteiger partial charge in [-0.3, -0.25) is 4.79 Å². The van der Waals surface area contributed by atoms with Crippen LogP contribution in [0, 0.1) is 11.2 Å². The Morgan fingerprint density at radius 2 is 1.92 bits per heavy atom. The van der Waals surface area contributed by atoms with Crippen LogP contribution in [0.1, 0.15) is 24.0 Å². The van der Waals surface area contributed by atoms with Crippen LogP contribution in [-0.4, -0.2) is 23.6 Å². The predicted molar refractivity (Wildman–Crippen MR) is 93.2 cm³/mol. The molecule has 2 aromatic rings. The normalized spacial score (nSPS) is 14.5. The summed E-state index contributed by atoms with van der Waals surface area (Å²) in [7, 11) is 0. The van der Waals surface area contributed by atoms with Gasteiger partial charge in [-0.1, -0.05) is 30.3 Å². The maximum absolute atomic E-state index is 13.8. The van der Waals surface area contributed by atoms with Gasteiger partial charge in [-0.15, -0.1) is 0 Å². The number of carbonyl (C=O) groups excluding carboxylic acids is 1. The van der Waals surface area contributed by atoms with Crippen molar-refractivity contribution in [1.29, 1.82) is 0 Å². The minimum absolute atomic E-state index is 0.0855. The van der Waals surface area contributed by atoms with Gasteiger partial charge in [-0.05, 0) is 48.6 Å². The lowest BCUT2D eigenvalue weighted by molar-refractivity contribution is -0.139. The molecule has 0 aliphatic heterocycles. The smallest absolute Gasteiger partial charge is 0.341 e. The van der Waals surface area contributed by atoms with Gasteiger partial charge in [-0.2, -0.15) is 0 Å². The molecule has 0 bridgehead atoms. The Labute approximate surface area is 150 Å². The van der Waals surface area contributed by atoms with Crippen LogP contribution in [0.3, 0.4) is 0 Å². The third-order valence-electron chi connectivity index (χ3n) is 4.54. The fraction of sp³-hybridized carbons (Fsp3) is 0.300. The maximum Gasteiger partial charge on any atom is 0.341 e. The molecule has 0 aromatic heterocycles. The van der Waals surface area contributed by atoms with E-state index in [0.29, 0.717) is 24.3 Å². The molecule has 1 fully saturated rings. The zero-order chi connectivity index (χ0) is 18.6. The van der Waals surface area contributed by atoms with E-state index in [9.17, 15) is 14.0 Å². The highest BCUT2D eigenvalue weighted by Gasteiger charge is 2.49. The van der Waals surface area contributed by atoms with Crippen molar-refractivity contribution in [2.45, 2.75) is 25.8 Å². The molecule has 2 aromatic carbocycles. The SMILES string of the molecule is O=C(O)COc1cccc(CNC(=O)C2(Cc3ccccc3F)CC2)c1. The molecule has 1 aliphatic rings. The zero-order valence-corrected chi connectivity index (χ0v) is 14.2. The summed E-state index contributed by atoms with van der Waals surface area (Å²) >= 11 is 0. The van der Waals surface area contributed by atoms with Gasteiger partial charge in [0.1, 0.15) is 11.6 Å². The number of halogens is 1. The fourth-order valence-corrected chi connectivity index (χ4v) is 2.90. The van der Waals surface area contributed by atoms with Crippen LogP contribution in [0.15, 0.2) is 48.5 Å². The third-order valence-corrected chi connectivity index (χ3v) is 4.54. The van der Waals surface area contributed by atoms with Crippen LogP contribution >= 0.6 is 0 Å². The minimum atomic E-state index is -1.05. The van der Waals surface area contributed by atoms with Gasteiger partial charge in [0.25, 0.3) is 0 Å². The Morgan fingerprint density at radius 3 is 2.62 bits per heavy atom. The Bertz CT molecular complexity index is 817. The molecule has 1 saturated carbocycles. The molecular weight excluding hydrogens is 337 g/mol. The first kappa shape index (κ1) is 17.9. The van der Waals surface area contributed by atoms with Crippen molar-refractivity contribution in [2.75, 3.05) is 6.61 Å². The van der Waals surface area contributed by atoms with E-state index in [-0.39, 0.29) is 11.7 Å². The molecule has 5 nitrogen and oxygen atoms in total. The highest BCUT2D eigenvalue weighted by molar-refractivity contribution is 5.85. The second kappa shape index (κ2) is 7.56. The van der Waals surface area contributed by atoms with Crippen molar-refractivity contribution in [1.82, 2.24) is 5.32 Å². The van der Waals surface area contributed by atoms with Crippen molar-refractivity contribution >= 4 is 11.9 Å². The molecule has 0 heterocycles. The summed E-state index contributed by atoms with van der Waals surface area (Å²) in [5, 5.41) is 11.5. The van der Waals surface area contributed by atoms with E-state index in [2.05, 4.69) is 5.32 Å². The number of carboxylic acids is 1. The number of amides is 1. The Morgan fingerprint density at radius 1 is 1.15 bits per heavy atom. The van der Waals surface area contributed by atoms with E-state index >= 15 is 0 Å². The monoisotopic (exact) mass is 357 g/mol. The maximum atomic E-state index is 13.8. The lowest BCUT2D eigenvalue weighted by Crippen LogP contribution is -2.33. The van der Waals surface area contributed by atoms with Crippen LogP contribution in [0.2, 0.25) is 0 Å². The molecule has 0 radical (unpaired) electrons. The first-order valence-corrected chi connectivity index (χ1v) is 8.44. The highest BCUT2D eigenvalue weighted by Crippen LogP contribution is 2.49. The van der Waals surface area contributed by atoms with Crippen molar-refractivity contribution in [3.63, 3.8) is 0 Å². The average molecular weight is 357 g/mol. The van der Waals surface area contributed by atoms with E-state index in [1.807, 2.05) is 6.07 Å². The number of rotatable bonds is 8. The van der Waals surface area contributed by atoms with Crippen LogP contribution in [0.5, 0.6) is 5.75 Å². The predicted octanol–water partition coefficient (Wildman–Crippen LogP) is 2.93. The number of aliphatic carboxylic acids is 1. The molecule has 6 heteroatoms. The first-order valence-electron chi connectivity index (χ1n) is 8.44. The quantitative estimate of drug-likeness (QED) is 0.762. The minimum Gasteiger partial charge on any atom is -0.482 e. The molecule has 3 rings (SSSR count). The van der Waals surface area contributed by atoms with Crippen LogP contribution in [0.25, 0.3) is 0 Å². The largest absolute Gasteiger partial charge is 0.482 e. The lowest BCUT2D eigenvalue weighted by Gasteiger charge is -2.16. The highest BCUT2D eigenvalue weighted by atomic mass is 19.1. The Hall–Kier alpha value is -2.89. The number of carboxylic acid groups (broad SMARTS) is 1. The van der Waals surface area contributed by atoms with E-state index < -0.39 is 18.0 Å². The summed E-state index contributed by atoms with van der Waals surface area (Å²) in [6.07, 6.45) is 1.89. The van der Waals surface area contributed by atoms with Gasteiger partial charge < -0.3 is 15.2 Å².